The monoisotopic (exact) mass is 191 g/mol. The van der Waals surface area contributed by atoms with Gasteiger partial charge in [-0.1, -0.05) is 0 Å². The number of amides is 2. The summed E-state index contributed by atoms with van der Waals surface area (Å²) in [5.74, 6) is 0.813. The van der Waals surface area contributed by atoms with Gasteiger partial charge >= 0.3 is 0 Å². The minimum absolute atomic E-state index is 0.207. The molecule has 1 aromatic rings. The maximum Gasteiger partial charge on any atom is 0.254 e. The molecule has 0 atom stereocenters. The molecular formula is C10H9NO3. The summed E-state index contributed by atoms with van der Waals surface area (Å²) >= 11 is 0. The Morgan fingerprint density at radius 1 is 1.21 bits per heavy atom. The van der Waals surface area contributed by atoms with E-state index in [1.54, 1.807) is 12.1 Å². The molecule has 0 bridgehead atoms. The van der Waals surface area contributed by atoms with E-state index in [0.29, 0.717) is 5.76 Å². The van der Waals surface area contributed by atoms with Crippen LogP contribution in [0.4, 0.5) is 0 Å². The third-order valence-corrected chi connectivity index (χ3v) is 2.01. The van der Waals surface area contributed by atoms with E-state index in [4.69, 9.17) is 4.42 Å². The van der Waals surface area contributed by atoms with Crippen LogP contribution in [-0.4, -0.2) is 16.7 Å². The summed E-state index contributed by atoms with van der Waals surface area (Å²) in [5, 5.41) is 0. The van der Waals surface area contributed by atoms with Gasteiger partial charge in [0.05, 0.1) is 6.54 Å². The topological polar surface area (TPSA) is 50.5 Å². The van der Waals surface area contributed by atoms with E-state index in [0.717, 1.165) is 10.7 Å². The maximum absolute atomic E-state index is 11.2. The quantitative estimate of drug-likeness (QED) is 0.655. The fraction of sp³-hybridized carbons (Fsp3) is 0.200. The fourth-order valence-corrected chi connectivity index (χ4v) is 1.31. The summed E-state index contributed by atoms with van der Waals surface area (Å²) < 4.78 is 5.27. The highest BCUT2D eigenvalue weighted by Crippen LogP contribution is 2.12. The van der Waals surface area contributed by atoms with Crippen LogP contribution in [0.15, 0.2) is 28.7 Å². The molecule has 0 aliphatic carbocycles. The van der Waals surface area contributed by atoms with Crippen LogP contribution in [0.1, 0.15) is 11.5 Å². The van der Waals surface area contributed by atoms with E-state index in [1.807, 2.05) is 6.92 Å². The van der Waals surface area contributed by atoms with Crippen LogP contribution in [0.3, 0.4) is 0 Å². The van der Waals surface area contributed by atoms with Gasteiger partial charge in [0.25, 0.3) is 11.8 Å². The highest BCUT2D eigenvalue weighted by Gasteiger charge is 2.24. The van der Waals surface area contributed by atoms with E-state index in [1.165, 1.54) is 12.2 Å². The molecule has 2 amide bonds. The molecule has 0 fully saturated rings. The minimum Gasteiger partial charge on any atom is -0.464 e. The van der Waals surface area contributed by atoms with E-state index in [-0.39, 0.29) is 18.4 Å². The lowest BCUT2D eigenvalue weighted by atomic mass is 10.4. The normalized spacial score (nSPS) is 15.6. The van der Waals surface area contributed by atoms with Gasteiger partial charge in [0.1, 0.15) is 11.5 Å². The van der Waals surface area contributed by atoms with Crippen molar-refractivity contribution >= 4 is 11.8 Å². The van der Waals surface area contributed by atoms with Gasteiger partial charge in [-0.2, -0.15) is 0 Å². The third-order valence-electron chi connectivity index (χ3n) is 2.01. The SMILES string of the molecule is Cc1ccc(CN2C(=O)C=CC2=O)o1. The Bertz CT molecular complexity index is 399. The number of nitrogens with zero attached hydrogens (tertiary/aromatic N) is 1. The number of hydrogen-bond acceptors (Lipinski definition) is 3. The number of carbonyl (C=O) groups is 2. The molecule has 0 radical (unpaired) electrons. The predicted octanol–water partition coefficient (Wildman–Crippen LogP) is 1.01. The molecule has 0 unspecified atom stereocenters. The Kier molecular flexibility index (Phi) is 1.96. The average Bonchev–Trinajstić information content (AvgIpc) is 2.67. The average molecular weight is 191 g/mol. The Hall–Kier alpha value is -1.84. The lowest BCUT2D eigenvalue weighted by molar-refractivity contribution is -0.137. The number of furan rings is 1. The highest BCUT2D eigenvalue weighted by atomic mass is 16.3. The summed E-state index contributed by atoms with van der Waals surface area (Å²) in [6.07, 6.45) is 2.52. The number of rotatable bonds is 2. The fourth-order valence-electron chi connectivity index (χ4n) is 1.31. The second-order valence-corrected chi connectivity index (χ2v) is 3.11. The van der Waals surface area contributed by atoms with Gasteiger partial charge in [-0.15, -0.1) is 0 Å². The van der Waals surface area contributed by atoms with Crippen LogP contribution >= 0.6 is 0 Å². The molecule has 1 aliphatic heterocycles. The van der Waals surface area contributed by atoms with Crippen molar-refractivity contribution in [2.75, 3.05) is 0 Å². The van der Waals surface area contributed by atoms with Crippen molar-refractivity contribution in [1.82, 2.24) is 4.90 Å². The molecule has 0 saturated carbocycles. The number of hydrogen-bond donors (Lipinski definition) is 0. The smallest absolute Gasteiger partial charge is 0.254 e. The van der Waals surface area contributed by atoms with Crippen LogP contribution in [0.25, 0.3) is 0 Å². The van der Waals surface area contributed by atoms with Crippen molar-refractivity contribution in [3.05, 3.63) is 35.8 Å². The second-order valence-electron chi connectivity index (χ2n) is 3.11. The lowest BCUT2D eigenvalue weighted by Crippen LogP contribution is -2.28. The number of carbonyl (C=O) groups excluding carboxylic acids is 2. The van der Waals surface area contributed by atoms with Crippen LogP contribution in [-0.2, 0) is 16.1 Å². The molecule has 1 aliphatic rings. The second kappa shape index (κ2) is 3.14. The molecule has 4 nitrogen and oxygen atoms in total. The predicted molar refractivity (Wildman–Crippen MR) is 48.1 cm³/mol. The first-order chi connectivity index (χ1) is 6.66. The first-order valence-electron chi connectivity index (χ1n) is 4.25. The number of imide groups is 1. The molecule has 14 heavy (non-hydrogen) atoms. The zero-order valence-corrected chi connectivity index (χ0v) is 7.69. The van der Waals surface area contributed by atoms with E-state index >= 15 is 0 Å². The first kappa shape index (κ1) is 8.74. The molecular weight excluding hydrogens is 182 g/mol. The Morgan fingerprint density at radius 3 is 2.36 bits per heavy atom. The molecule has 2 heterocycles. The maximum atomic E-state index is 11.2. The van der Waals surface area contributed by atoms with Crippen LogP contribution < -0.4 is 0 Å². The Morgan fingerprint density at radius 2 is 1.86 bits per heavy atom. The molecule has 0 N–H and O–H groups in total. The van der Waals surface area contributed by atoms with Gasteiger partial charge in [0.15, 0.2) is 0 Å². The van der Waals surface area contributed by atoms with Gasteiger partial charge in [0, 0.05) is 12.2 Å². The molecule has 0 aromatic carbocycles. The third kappa shape index (κ3) is 1.46. The van der Waals surface area contributed by atoms with Crippen molar-refractivity contribution in [3.8, 4) is 0 Å². The zero-order chi connectivity index (χ0) is 10.1. The summed E-state index contributed by atoms with van der Waals surface area (Å²) in [5.41, 5.74) is 0. The van der Waals surface area contributed by atoms with E-state index in [9.17, 15) is 9.59 Å². The minimum atomic E-state index is -0.288. The van der Waals surface area contributed by atoms with Crippen molar-refractivity contribution in [1.29, 1.82) is 0 Å². The molecule has 0 spiro atoms. The molecule has 4 heteroatoms. The Balaban J connectivity index is 2.12. The molecule has 2 rings (SSSR count). The molecule has 0 saturated heterocycles. The van der Waals surface area contributed by atoms with Crippen molar-refractivity contribution in [3.63, 3.8) is 0 Å². The summed E-state index contributed by atoms with van der Waals surface area (Å²) in [7, 11) is 0. The number of aryl methyl sites for hydroxylation is 1. The first-order valence-corrected chi connectivity index (χ1v) is 4.25. The van der Waals surface area contributed by atoms with Gasteiger partial charge in [-0.3, -0.25) is 14.5 Å². The highest BCUT2D eigenvalue weighted by molar-refractivity contribution is 6.12. The standard InChI is InChI=1S/C10H9NO3/c1-7-2-3-8(14-7)6-11-9(12)4-5-10(11)13/h2-5H,6H2,1H3. The zero-order valence-electron chi connectivity index (χ0n) is 7.69. The van der Waals surface area contributed by atoms with Crippen LogP contribution in [0.2, 0.25) is 0 Å². The molecule has 72 valence electrons. The van der Waals surface area contributed by atoms with Gasteiger partial charge < -0.3 is 4.42 Å². The van der Waals surface area contributed by atoms with E-state index < -0.39 is 0 Å². The van der Waals surface area contributed by atoms with Gasteiger partial charge in [-0.05, 0) is 19.1 Å². The lowest BCUT2D eigenvalue weighted by Gasteiger charge is -2.10. The molecule has 1 aromatic heterocycles. The van der Waals surface area contributed by atoms with Crippen molar-refractivity contribution in [2.24, 2.45) is 0 Å². The summed E-state index contributed by atoms with van der Waals surface area (Å²) in [6.45, 7) is 2.02. The van der Waals surface area contributed by atoms with Gasteiger partial charge in [-0.25, -0.2) is 0 Å². The van der Waals surface area contributed by atoms with Crippen molar-refractivity contribution in [2.45, 2.75) is 13.5 Å². The summed E-state index contributed by atoms with van der Waals surface area (Å²) in [6, 6.07) is 3.56. The Labute approximate surface area is 80.8 Å². The van der Waals surface area contributed by atoms with E-state index in [2.05, 4.69) is 0 Å². The van der Waals surface area contributed by atoms with Crippen LogP contribution in [0, 0.1) is 6.92 Å². The van der Waals surface area contributed by atoms with Crippen LogP contribution in [0.5, 0.6) is 0 Å². The largest absolute Gasteiger partial charge is 0.464 e. The van der Waals surface area contributed by atoms with Gasteiger partial charge in [0.2, 0.25) is 0 Å². The van der Waals surface area contributed by atoms with Crippen molar-refractivity contribution < 1.29 is 14.0 Å². The summed E-state index contributed by atoms with van der Waals surface area (Å²) in [4.78, 5) is 23.5.